The minimum absolute atomic E-state index is 0.00378. The van der Waals surface area contributed by atoms with Crippen molar-refractivity contribution in [1.82, 2.24) is 4.90 Å². The number of fused-ring (bicyclic) bond motifs is 1. The van der Waals surface area contributed by atoms with Crippen molar-refractivity contribution in [1.29, 1.82) is 0 Å². The number of amides is 1. The zero-order valence-electron chi connectivity index (χ0n) is 10.1. The molecule has 1 unspecified atom stereocenters. The molecule has 0 N–H and O–H groups in total. The van der Waals surface area contributed by atoms with E-state index in [9.17, 15) is 18.0 Å². The maximum Gasteiger partial charge on any atom is 0.406 e. The molecule has 2 rings (SSSR count). The van der Waals surface area contributed by atoms with Gasteiger partial charge in [0.1, 0.15) is 6.54 Å². The highest BCUT2D eigenvalue weighted by molar-refractivity contribution is 6.18. The molecule has 19 heavy (non-hydrogen) atoms. The van der Waals surface area contributed by atoms with Crippen molar-refractivity contribution in [3.8, 4) is 0 Å². The van der Waals surface area contributed by atoms with Gasteiger partial charge in [0.25, 0.3) is 0 Å². The van der Waals surface area contributed by atoms with Crippen molar-refractivity contribution in [2.45, 2.75) is 18.5 Å². The van der Waals surface area contributed by atoms with Crippen molar-refractivity contribution in [3.63, 3.8) is 0 Å². The molecular formula is C13H13ClF3NO. The van der Waals surface area contributed by atoms with Crippen LogP contribution in [0.15, 0.2) is 24.3 Å². The van der Waals surface area contributed by atoms with Crippen molar-refractivity contribution in [2.24, 2.45) is 0 Å². The Hall–Kier alpha value is -1.23. The number of hydrogen-bond acceptors (Lipinski definition) is 1. The first kappa shape index (κ1) is 14.2. The van der Waals surface area contributed by atoms with E-state index in [4.69, 9.17) is 11.6 Å². The Morgan fingerprint density at radius 2 is 2.05 bits per heavy atom. The zero-order chi connectivity index (χ0) is 14.0. The third-order valence-corrected chi connectivity index (χ3v) is 3.36. The van der Waals surface area contributed by atoms with Crippen LogP contribution >= 0.6 is 11.6 Å². The Morgan fingerprint density at radius 1 is 1.37 bits per heavy atom. The molecule has 2 nitrogen and oxygen atoms in total. The van der Waals surface area contributed by atoms with Crippen LogP contribution in [0.3, 0.4) is 0 Å². The zero-order valence-corrected chi connectivity index (χ0v) is 10.8. The molecule has 1 aromatic rings. The topological polar surface area (TPSA) is 20.3 Å². The van der Waals surface area contributed by atoms with E-state index in [1.54, 1.807) is 12.1 Å². The molecule has 0 bridgehead atoms. The summed E-state index contributed by atoms with van der Waals surface area (Å²) in [5.74, 6) is -0.950. The molecule has 1 aliphatic carbocycles. The maximum atomic E-state index is 12.4. The Morgan fingerprint density at radius 3 is 2.63 bits per heavy atom. The van der Waals surface area contributed by atoms with Gasteiger partial charge in [-0.05, 0) is 17.5 Å². The predicted octanol–water partition coefficient (Wildman–Crippen LogP) is 2.96. The van der Waals surface area contributed by atoms with E-state index < -0.39 is 24.5 Å². The number of alkyl halides is 4. The smallest absolute Gasteiger partial charge is 0.332 e. The molecule has 0 spiro atoms. The van der Waals surface area contributed by atoms with E-state index >= 15 is 0 Å². The van der Waals surface area contributed by atoms with E-state index in [1.807, 2.05) is 12.1 Å². The second kappa shape index (κ2) is 5.41. The quantitative estimate of drug-likeness (QED) is 0.781. The predicted molar refractivity (Wildman–Crippen MR) is 66.2 cm³/mol. The first-order valence-corrected chi connectivity index (χ1v) is 6.45. The highest BCUT2D eigenvalue weighted by atomic mass is 35.5. The standard InChI is InChI=1S/C13H13ClF3NO/c14-5-6-18(8-13(15,16)17)12(19)11-7-9-3-1-2-4-10(9)11/h1-4,11H,5-8H2. The summed E-state index contributed by atoms with van der Waals surface area (Å²) in [5.41, 5.74) is 1.85. The van der Waals surface area contributed by atoms with Gasteiger partial charge in [-0.2, -0.15) is 13.2 Å². The molecule has 0 fully saturated rings. The lowest BCUT2D eigenvalue weighted by Crippen LogP contribution is -2.44. The second-order valence-corrected chi connectivity index (χ2v) is 4.90. The lowest BCUT2D eigenvalue weighted by molar-refractivity contribution is -0.162. The van der Waals surface area contributed by atoms with Gasteiger partial charge in [-0.25, -0.2) is 0 Å². The molecule has 1 atom stereocenters. The van der Waals surface area contributed by atoms with Crippen molar-refractivity contribution < 1.29 is 18.0 Å². The SMILES string of the molecule is O=C(C1Cc2ccccc21)N(CCCl)CC(F)(F)F. The summed E-state index contributed by atoms with van der Waals surface area (Å²) in [5, 5.41) is 0. The summed E-state index contributed by atoms with van der Waals surface area (Å²) in [6.07, 6.45) is -3.89. The molecule has 0 radical (unpaired) electrons. The van der Waals surface area contributed by atoms with E-state index in [2.05, 4.69) is 0 Å². The summed E-state index contributed by atoms with van der Waals surface area (Å²) >= 11 is 5.47. The fourth-order valence-corrected chi connectivity index (χ4v) is 2.49. The van der Waals surface area contributed by atoms with E-state index in [1.165, 1.54) is 0 Å². The van der Waals surface area contributed by atoms with Crippen LogP contribution in [0.25, 0.3) is 0 Å². The molecule has 0 saturated carbocycles. The summed E-state index contributed by atoms with van der Waals surface area (Å²) in [7, 11) is 0. The van der Waals surface area contributed by atoms with Gasteiger partial charge in [0.05, 0.1) is 5.92 Å². The van der Waals surface area contributed by atoms with Crippen LogP contribution in [0.5, 0.6) is 0 Å². The fourth-order valence-electron chi connectivity index (χ4n) is 2.29. The summed E-state index contributed by atoms with van der Waals surface area (Å²) < 4.78 is 37.3. The molecular weight excluding hydrogens is 279 g/mol. The monoisotopic (exact) mass is 291 g/mol. The highest BCUT2D eigenvalue weighted by Crippen LogP contribution is 2.36. The van der Waals surface area contributed by atoms with E-state index in [0.717, 1.165) is 16.0 Å². The molecule has 0 aliphatic heterocycles. The third-order valence-electron chi connectivity index (χ3n) is 3.19. The van der Waals surface area contributed by atoms with Gasteiger partial charge >= 0.3 is 6.18 Å². The Balaban J connectivity index is 2.09. The van der Waals surface area contributed by atoms with Crippen molar-refractivity contribution in [2.75, 3.05) is 19.0 Å². The first-order chi connectivity index (χ1) is 8.92. The van der Waals surface area contributed by atoms with E-state index in [0.29, 0.717) is 6.42 Å². The van der Waals surface area contributed by atoms with Crippen LogP contribution in [0.1, 0.15) is 17.0 Å². The average molecular weight is 292 g/mol. The van der Waals surface area contributed by atoms with Gasteiger partial charge < -0.3 is 4.90 Å². The Labute approximate surface area is 114 Å². The number of hydrogen-bond donors (Lipinski definition) is 0. The normalized spacial score (nSPS) is 17.6. The highest BCUT2D eigenvalue weighted by Gasteiger charge is 2.39. The summed E-state index contributed by atoms with van der Waals surface area (Å²) in [6, 6.07) is 7.31. The van der Waals surface area contributed by atoms with Gasteiger partial charge in [0.15, 0.2) is 0 Å². The second-order valence-electron chi connectivity index (χ2n) is 4.52. The van der Waals surface area contributed by atoms with Crippen LogP contribution in [0.2, 0.25) is 0 Å². The van der Waals surface area contributed by atoms with Crippen molar-refractivity contribution in [3.05, 3.63) is 35.4 Å². The minimum atomic E-state index is -4.40. The molecule has 0 saturated heterocycles. The van der Waals surface area contributed by atoms with Gasteiger partial charge in [0.2, 0.25) is 5.91 Å². The van der Waals surface area contributed by atoms with Crippen LogP contribution in [-0.2, 0) is 11.2 Å². The lowest BCUT2D eigenvalue weighted by Gasteiger charge is -2.34. The molecule has 1 amide bonds. The average Bonchev–Trinajstić information content (AvgIpc) is 2.28. The number of carbonyl (C=O) groups excluding carboxylic acids is 1. The lowest BCUT2D eigenvalue weighted by atomic mass is 9.77. The Bertz CT molecular complexity index is 475. The fraction of sp³-hybridized carbons (Fsp3) is 0.462. The van der Waals surface area contributed by atoms with Gasteiger partial charge in [-0.15, -0.1) is 11.6 Å². The third kappa shape index (κ3) is 3.21. The number of rotatable bonds is 4. The van der Waals surface area contributed by atoms with Gasteiger partial charge in [0, 0.05) is 12.4 Å². The van der Waals surface area contributed by atoms with Crippen LogP contribution < -0.4 is 0 Å². The molecule has 0 aromatic heterocycles. The van der Waals surface area contributed by atoms with Crippen LogP contribution in [0.4, 0.5) is 13.2 Å². The molecule has 104 valence electrons. The number of nitrogens with zero attached hydrogens (tertiary/aromatic N) is 1. The van der Waals surface area contributed by atoms with Crippen LogP contribution in [-0.4, -0.2) is 36.0 Å². The molecule has 1 aliphatic rings. The van der Waals surface area contributed by atoms with Crippen molar-refractivity contribution >= 4 is 17.5 Å². The molecule has 6 heteroatoms. The first-order valence-electron chi connectivity index (χ1n) is 5.91. The molecule has 0 heterocycles. The summed E-state index contributed by atoms with van der Waals surface area (Å²) in [4.78, 5) is 12.9. The van der Waals surface area contributed by atoms with E-state index in [-0.39, 0.29) is 12.4 Å². The number of benzene rings is 1. The summed E-state index contributed by atoms with van der Waals surface area (Å²) in [6.45, 7) is -1.32. The van der Waals surface area contributed by atoms with Crippen LogP contribution in [0, 0.1) is 0 Å². The Kier molecular flexibility index (Phi) is 4.04. The number of halogens is 4. The maximum absolute atomic E-state index is 12.4. The van der Waals surface area contributed by atoms with Gasteiger partial charge in [-0.1, -0.05) is 24.3 Å². The minimum Gasteiger partial charge on any atom is -0.332 e. The van der Waals surface area contributed by atoms with Gasteiger partial charge in [-0.3, -0.25) is 4.79 Å². The number of carbonyl (C=O) groups is 1. The largest absolute Gasteiger partial charge is 0.406 e. The molecule has 1 aromatic carbocycles.